The van der Waals surface area contributed by atoms with Crippen molar-refractivity contribution in [2.75, 3.05) is 11.8 Å². The minimum Gasteiger partial charge on any atom is -0.495 e. The van der Waals surface area contributed by atoms with Gasteiger partial charge in [-0.05, 0) is 35.9 Å². The predicted molar refractivity (Wildman–Crippen MR) is 79.5 cm³/mol. The van der Waals surface area contributed by atoms with E-state index >= 15 is 0 Å². The maximum atomic E-state index is 13.3. The first-order chi connectivity index (χ1) is 10.5. The lowest BCUT2D eigenvalue weighted by Gasteiger charge is -2.11. The van der Waals surface area contributed by atoms with Gasteiger partial charge in [0.15, 0.2) is 0 Å². The lowest BCUT2D eigenvalue weighted by Crippen LogP contribution is -2.14. The molecule has 0 bridgehead atoms. The molecule has 22 heavy (non-hydrogen) atoms. The van der Waals surface area contributed by atoms with Crippen molar-refractivity contribution in [3.05, 3.63) is 53.8 Å². The summed E-state index contributed by atoms with van der Waals surface area (Å²) in [4.78, 5) is -0.281. The van der Waals surface area contributed by atoms with Crippen molar-refractivity contribution < 1.29 is 17.5 Å². The molecular weight excluding hydrogens is 307 g/mol. The van der Waals surface area contributed by atoms with Gasteiger partial charge in [0.2, 0.25) is 0 Å². The summed E-state index contributed by atoms with van der Waals surface area (Å²) in [6.07, 6.45) is 0.241. The molecule has 0 spiro atoms. The van der Waals surface area contributed by atoms with Gasteiger partial charge in [-0.3, -0.25) is 4.72 Å². The quantitative estimate of drug-likeness (QED) is 0.918. The predicted octanol–water partition coefficient (Wildman–Crippen LogP) is 2.70. The lowest BCUT2D eigenvalue weighted by molar-refractivity contribution is 0.401. The minimum absolute atomic E-state index is 0.0509. The van der Waals surface area contributed by atoms with Crippen LogP contribution >= 0.6 is 0 Å². The van der Waals surface area contributed by atoms with Gasteiger partial charge in [-0.1, -0.05) is 12.1 Å². The lowest BCUT2D eigenvalue weighted by atomic mass is 10.1. The van der Waals surface area contributed by atoms with Crippen LogP contribution in [0.5, 0.6) is 5.75 Å². The summed E-state index contributed by atoms with van der Waals surface area (Å²) in [5.41, 5.74) is 1.08. The SMILES string of the molecule is COc1ccc(F)cc1S(=O)(=O)Nc1ccc(CC#N)cc1. The van der Waals surface area contributed by atoms with E-state index in [4.69, 9.17) is 10.00 Å². The van der Waals surface area contributed by atoms with Crippen LogP contribution in [0.3, 0.4) is 0 Å². The zero-order chi connectivity index (χ0) is 16.2. The number of halogens is 1. The Labute approximate surface area is 128 Å². The van der Waals surface area contributed by atoms with E-state index in [0.29, 0.717) is 5.69 Å². The van der Waals surface area contributed by atoms with Crippen LogP contribution < -0.4 is 9.46 Å². The van der Waals surface area contributed by atoms with Crippen LogP contribution in [0, 0.1) is 17.1 Å². The Morgan fingerprint density at radius 2 is 1.91 bits per heavy atom. The minimum atomic E-state index is -3.98. The highest BCUT2D eigenvalue weighted by Crippen LogP contribution is 2.26. The molecule has 0 atom stereocenters. The molecule has 0 aliphatic rings. The van der Waals surface area contributed by atoms with E-state index in [1.807, 2.05) is 6.07 Å². The van der Waals surface area contributed by atoms with Gasteiger partial charge in [-0.2, -0.15) is 5.26 Å². The normalized spacial score (nSPS) is 10.8. The van der Waals surface area contributed by atoms with Crippen molar-refractivity contribution in [2.24, 2.45) is 0 Å². The third-order valence-electron chi connectivity index (χ3n) is 2.90. The molecule has 0 aromatic heterocycles. The van der Waals surface area contributed by atoms with Crippen LogP contribution in [0.15, 0.2) is 47.4 Å². The molecule has 0 radical (unpaired) electrons. The Hall–Kier alpha value is -2.59. The molecular formula is C15H13FN2O3S. The summed E-state index contributed by atoms with van der Waals surface area (Å²) in [6, 6.07) is 11.6. The largest absolute Gasteiger partial charge is 0.495 e. The number of hydrogen-bond acceptors (Lipinski definition) is 4. The number of ether oxygens (including phenoxy) is 1. The van der Waals surface area contributed by atoms with Gasteiger partial charge < -0.3 is 4.74 Å². The van der Waals surface area contributed by atoms with Gasteiger partial charge in [0.1, 0.15) is 16.5 Å². The Balaban J connectivity index is 2.32. The molecule has 0 aliphatic carbocycles. The van der Waals surface area contributed by atoms with Gasteiger partial charge in [-0.25, -0.2) is 12.8 Å². The van der Waals surface area contributed by atoms with Crippen LogP contribution in [-0.2, 0) is 16.4 Å². The zero-order valence-electron chi connectivity index (χ0n) is 11.7. The van der Waals surface area contributed by atoms with Crippen molar-refractivity contribution >= 4 is 15.7 Å². The number of sulfonamides is 1. The first-order valence-electron chi connectivity index (χ1n) is 6.28. The van der Waals surface area contributed by atoms with E-state index in [2.05, 4.69) is 4.72 Å². The van der Waals surface area contributed by atoms with E-state index < -0.39 is 15.8 Å². The average molecular weight is 320 g/mol. The van der Waals surface area contributed by atoms with Gasteiger partial charge in [0, 0.05) is 5.69 Å². The van der Waals surface area contributed by atoms with Gasteiger partial charge in [0.05, 0.1) is 19.6 Å². The van der Waals surface area contributed by atoms with Crippen LogP contribution in [0.4, 0.5) is 10.1 Å². The molecule has 2 aromatic carbocycles. The summed E-state index contributed by atoms with van der Waals surface area (Å²) in [5, 5.41) is 8.60. The summed E-state index contributed by atoms with van der Waals surface area (Å²) in [7, 11) is -2.68. The number of methoxy groups -OCH3 is 1. The fraction of sp³-hybridized carbons (Fsp3) is 0.133. The van der Waals surface area contributed by atoms with Crippen LogP contribution in [-0.4, -0.2) is 15.5 Å². The van der Waals surface area contributed by atoms with Crippen LogP contribution in [0.1, 0.15) is 5.56 Å². The second kappa shape index (κ2) is 6.45. The van der Waals surface area contributed by atoms with Gasteiger partial charge in [0.25, 0.3) is 10.0 Å². The molecule has 114 valence electrons. The first kappa shape index (κ1) is 15.8. The molecule has 0 saturated carbocycles. The van der Waals surface area contributed by atoms with E-state index in [1.54, 1.807) is 12.1 Å². The van der Waals surface area contributed by atoms with Crippen molar-refractivity contribution in [2.45, 2.75) is 11.3 Å². The van der Waals surface area contributed by atoms with Crippen molar-refractivity contribution in [1.82, 2.24) is 0 Å². The molecule has 0 fully saturated rings. The monoisotopic (exact) mass is 320 g/mol. The Kier molecular flexibility index (Phi) is 4.63. The summed E-state index contributed by atoms with van der Waals surface area (Å²) < 4.78 is 45.3. The second-order valence-electron chi connectivity index (χ2n) is 4.43. The fourth-order valence-corrected chi connectivity index (χ4v) is 3.09. The average Bonchev–Trinajstić information content (AvgIpc) is 2.49. The molecule has 0 unspecified atom stereocenters. The van der Waals surface area contributed by atoms with E-state index in [0.717, 1.165) is 17.7 Å². The molecule has 2 aromatic rings. The number of rotatable bonds is 5. The second-order valence-corrected chi connectivity index (χ2v) is 6.08. The summed E-state index contributed by atoms with van der Waals surface area (Å²) in [5.74, 6) is -0.624. The standard InChI is InChI=1S/C15H13FN2O3S/c1-21-14-7-4-12(16)10-15(14)22(19,20)18-13-5-2-11(3-6-13)8-9-17/h2-7,10,18H,8H2,1H3. The maximum absolute atomic E-state index is 13.3. The number of benzene rings is 2. The molecule has 7 heteroatoms. The van der Waals surface area contributed by atoms with Gasteiger partial charge in [-0.15, -0.1) is 0 Å². The van der Waals surface area contributed by atoms with Crippen LogP contribution in [0.25, 0.3) is 0 Å². The summed E-state index contributed by atoms with van der Waals surface area (Å²) >= 11 is 0. The Morgan fingerprint density at radius 1 is 1.23 bits per heavy atom. The zero-order valence-corrected chi connectivity index (χ0v) is 12.5. The van der Waals surface area contributed by atoms with Crippen molar-refractivity contribution in [3.63, 3.8) is 0 Å². The maximum Gasteiger partial charge on any atom is 0.265 e. The van der Waals surface area contributed by atoms with Crippen molar-refractivity contribution in [3.8, 4) is 11.8 Å². The van der Waals surface area contributed by atoms with E-state index in [9.17, 15) is 12.8 Å². The van der Waals surface area contributed by atoms with E-state index in [-0.39, 0.29) is 17.1 Å². The molecule has 0 aliphatic heterocycles. The summed E-state index contributed by atoms with van der Waals surface area (Å²) in [6.45, 7) is 0. The number of anilines is 1. The Bertz CT molecular complexity index is 812. The third kappa shape index (κ3) is 3.54. The van der Waals surface area contributed by atoms with Crippen LogP contribution in [0.2, 0.25) is 0 Å². The smallest absolute Gasteiger partial charge is 0.265 e. The third-order valence-corrected chi connectivity index (χ3v) is 4.31. The number of nitrogens with zero attached hydrogens (tertiary/aromatic N) is 1. The highest BCUT2D eigenvalue weighted by molar-refractivity contribution is 7.92. The number of nitriles is 1. The number of hydrogen-bond donors (Lipinski definition) is 1. The van der Waals surface area contributed by atoms with Gasteiger partial charge >= 0.3 is 0 Å². The molecule has 5 nitrogen and oxygen atoms in total. The molecule has 2 rings (SSSR count). The van der Waals surface area contributed by atoms with Crippen molar-refractivity contribution in [1.29, 1.82) is 5.26 Å². The molecule has 0 saturated heterocycles. The molecule has 0 amide bonds. The fourth-order valence-electron chi connectivity index (χ4n) is 1.85. The first-order valence-corrected chi connectivity index (χ1v) is 7.77. The highest BCUT2D eigenvalue weighted by Gasteiger charge is 2.20. The number of nitrogens with one attached hydrogen (secondary N) is 1. The topological polar surface area (TPSA) is 79.2 Å². The van der Waals surface area contributed by atoms with E-state index in [1.165, 1.54) is 25.3 Å². The highest BCUT2D eigenvalue weighted by atomic mass is 32.2. The molecule has 0 heterocycles. The Morgan fingerprint density at radius 3 is 2.50 bits per heavy atom. The molecule has 1 N–H and O–H groups in total.